The van der Waals surface area contributed by atoms with Crippen LogP contribution in [0, 0.1) is 0 Å². The highest BCUT2D eigenvalue weighted by atomic mass is 16.6. The lowest BCUT2D eigenvalue weighted by Crippen LogP contribution is -2.33. The van der Waals surface area contributed by atoms with E-state index in [1.807, 2.05) is 13.8 Å². The molecule has 0 radical (unpaired) electrons. The molecule has 0 aromatic carbocycles. The Morgan fingerprint density at radius 1 is 1.10 bits per heavy atom. The van der Waals surface area contributed by atoms with E-state index in [0.29, 0.717) is 19.4 Å². The smallest absolute Gasteiger partial charge is 0.313 e. The molecule has 1 aliphatic rings. The van der Waals surface area contributed by atoms with Crippen LogP contribution in [-0.2, 0) is 23.9 Å². The van der Waals surface area contributed by atoms with E-state index in [1.54, 1.807) is 0 Å². The van der Waals surface area contributed by atoms with Crippen LogP contribution >= 0.6 is 0 Å². The van der Waals surface area contributed by atoms with Gasteiger partial charge < -0.3 is 15.2 Å². The number of amides is 1. The number of hydrogen-bond acceptors (Lipinski definition) is 5. The largest absolute Gasteiger partial charge is 0.393 e. The molecule has 0 aromatic rings. The van der Waals surface area contributed by atoms with Crippen molar-refractivity contribution >= 4 is 17.8 Å². The summed E-state index contributed by atoms with van der Waals surface area (Å²) < 4.78 is 9.52. The van der Waals surface area contributed by atoms with E-state index in [9.17, 15) is 14.4 Å². The van der Waals surface area contributed by atoms with Crippen molar-refractivity contribution in [3.05, 3.63) is 0 Å². The van der Waals surface area contributed by atoms with Crippen LogP contribution in [0.4, 0.5) is 0 Å². The van der Waals surface area contributed by atoms with Crippen LogP contribution in [0.15, 0.2) is 0 Å². The van der Waals surface area contributed by atoms with Gasteiger partial charge in [-0.05, 0) is 32.1 Å². The van der Waals surface area contributed by atoms with Crippen LogP contribution in [0.2, 0.25) is 0 Å². The highest BCUT2D eigenvalue weighted by Crippen LogP contribution is 2.11. The lowest BCUT2D eigenvalue weighted by atomic mass is 10.1. The Labute approximate surface area is 120 Å². The zero-order chi connectivity index (χ0) is 15.4. The standard InChI is InChI=1S/C8H14O3.C6H11NO2/c1-3-5-7(9)11-8(10)6-4-2;7-6(8)5-3-1-2-4-9-5/h3-6H2,1-2H3;5H,1-4H2,(H2,7,8). The molecule has 1 heterocycles. The normalized spacial score (nSPS) is 17.6. The molecule has 116 valence electrons. The van der Waals surface area contributed by atoms with Gasteiger partial charge in [-0.25, -0.2) is 0 Å². The van der Waals surface area contributed by atoms with Gasteiger partial charge in [0.2, 0.25) is 5.91 Å². The maximum absolute atomic E-state index is 10.7. The SMILES string of the molecule is CCCC(=O)OC(=O)CCC.NC(=O)C1CCCCO1. The molecular formula is C14H25NO5. The van der Waals surface area contributed by atoms with Crippen molar-refractivity contribution in [1.82, 2.24) is 0 Å². The molecule has 1 fully saturated rings. The van der Waals surface area contributed by atoms with Gasteiger partial charge in [0.15, 0.2) is 0 Å². The summed E-state index contributed by atoms with van der Waals surface area (Å²) >= 11 is 0. The molecular weight excluding hydrogens is 262 g/mol. The third-order valence-corrected chi connectivity index (χ3v) is 2.63. The van der Waals surface area contributed by atoms with E-state index in [2.05, 4.69) is 4.74 Å². The number of carbonyl (C=O) groups excluding carboxylic acids is 3. The summed E-state index contributed by atoms with van der Waals surface area (Å²) in [6.07, 6.45) is 4.72. The van der Waals surface area contributed by atoms with Crippen LogP contribution in [-0.4, -0.2) is 30.6 Å². The van der Waals surface area contributed by atoms with Crippen molar-refractivity contribution in [2.45, 2.75) is 64.9 Å². The topological polar surface area (TPSA) is 95.7 Å². The molecule has 6 nitrogen and oxygen atoms in total. The van der Waals surface area contributed by atoms with Crippen molar-refractivity contribution in [3.63, 3.8) is 0 Å². The second-order valence-corrected chi connectivity index (χ2v) is 4.60. The predicted molar refractivity (Wildman–Crippen MR) is 73.7 cm³/mol. The van der Waals surface area contributed by atoms with Gasteiger partial charge in [0.05, 0.1) is 0 Å². The highest BCUT2D eigenvalue weighted by Gasteiger charge is 2.18. The van der Waals surface area contributed by atoms with Crippen LogP contribution < -0.4 is 5.73 Å². The average Bonchev–Trinajstić information content (AvgIpc) is 2.41. The zero-order valence-corrected chi connectivity index (χ0v) is 12.4. The Hall–Kier alpha value is -1.43. The van der Waals surface area contributed by atoms with Crippen molar-refractivity contribution < 1.29 is 23.9 Å². The maximum Gasteiger partial charge on any atom is 0.313 e. The second kappa shape index (κ2) is 11.4. The monoisotopic (exact) mass is 287 g/mol. The summed E-state index contributed by atoms with van der Waals surface area (Å²) in [6, 6.07) is 0. The predicted octanol–water partition coefficient (Wildman–Crippen LogP) is 1.70. The van der Waals surface area contributed by atoms with Crippen molar-refractivity contribution in [2.75, 3.05) is 6.61 Å². The van der Waals surface area contributed by atoms with Crippen molar-refractivity contribution in [1.29, 1.82) is 0 Å². The average molecular weight is 287 g/mol. The molecule has 0 spiro atoms. The lowest BCUT2D eigenvalue weighted by Gasteiger charge is -2.18. The summed E-state index contributed by atoms with van der Waals surface area (Å²) in [4.78, 5) is 31.8. The molecule has 1 rings (SSSR count). The first-order valence-electron chi connectivity index (χ1n) is 7.15. The lowest BCUT2D eigenvalue weighted by molar-refractivity contribution is -0.159. The summed E-state index contributed by atoms with van der Waals surface area (Å²) in [5, 5.41) is 0. The first-order valence-corrected chi connectivity index (χ1v) is 7.15. The van der Waals surface area contributed by atoms with Crippen LogP contribution in [0.25, 0.3) is 0 Å². The van der Waals surface area contributed by atoms with Gasteiger partial charge in [-0.3, -0.25) is 14.4 Å². The van der Waals surface area contributed by atoms with Gasteiger partial charge in [0.1, 0.15) is 6.10 Å². The third kappa shape index (κ3) is 9.49. The highest BCUT2D eigenvalue weighted by molar-refractivity contribution is 5.85. The van der Waals surface area contributed by atoms with E-state index in [4.69, 9.17) is 10.5 Å². The van der Waals surface area contributed by atoms with E-state index in [-0.39, 0.29) is 12.0 Å². The molecule has 0 bridgehead atoms. The van der Waals surface area contributed by atoms with Gasteiger partial charge in [-0.1, -0.05) is 13.8 Å². The van der Waals surface area contributed by atoms with Crippen LogP contribution in [0.3, 0.4) is 0 Å². The molecule has 0 aliphatic carbocycles. The number of nitrogens with two attached hydrogens (primary N) is 1. The van der Waals surface area contributed by atoms with E-state index in [1.165, 1.54) is 0 Å². The van der Waals surface area contributed by atoms with Crippen molar-refractivity contribution in [3.8, 4) is 0 Å². The quantitative estimate of drug-likeness (QED) is 0.613. The number of carbonyl (C=O) groups is 3. The van der Waals surface area contributed by atoms with Gasteiger partial charge in [-0.2, -0.15) is 0 Å². The molecule has 0 saturated carbocycles. The Bertz CT molecular complexity index is 295. The molecule has 0 aromatic heterocycles. The van der Waals surface area contributed by atoms with Crippen LogP contribution in [0.1, 0.15) is 58.8 Å². The minimum atomic E-state index is -0.411. The van der Waals surface area contributed by atoms with E-state index < -0.39 is 11.9 Å². The Kier molecular flexibility index (Phi) is 10.6. The molecule has 20 heavy (non-hydrogen) atoms. The van der Waals surface area contributed by atoms with Crippen LogP contribution in [0.5, 0.6) is 0 Å². The fourth-order valence-electron chi connectivity index (χ4n) is 1.60. The molecule has 1 aliphatic heterocycles. The van der Waals surface area contributed by atoms with Crippen molar-refractivity contribution in [2.24, 2.45) is 5.73 Å². The second-order valence-electron chi connectivity index (χ2n) is 4.60. The van der Waals surface area contributed by atoms with Gasteiger partial charge in [0, 0.05) is 19.4 Å². The van der Waals surface area contributed by atoms with Gasteiger partial charge >= 0.3 is 11.9 Å². The number of rotatable bonds is 5. The summed E-state index contributed by atoms with van der Waals surface area (Å²) in [5.74, 6) is -1.15. The van der Waals surface area contributed by atoms with Gasteiger partial charge in [0.25, 0.3) is 0 Å². The number of hydrogen-bond donors (Lipinski definition) is 1. The first kappa shape index (κ1) is 18.6. The van der Waals surface area contributed by atoms with Gasteiger partial charge in [-0.15, -0.1) is 0 Å². The summed E-state index contributed by atoms with van der Waals surface area (Å²) in [5.41, 5.74) is 5.00. The number of primary amides is 1. The maximum atomic E-state index is 10.7. The fourth-order valence-corrected chi connectivity index (χ4v) is 1.60. The fraction of sp³-hybridized carbons (Fsp3) is 0.786. The molecule has 2 N–H and O–H groups in total. The Balaban J connectivity index is 0.000000367. The Morgan fingerprint density at radius 3 is 1.95 bits per heavy atom. The van der Waals surface area contributed by atoms with E-state index >= 15 is 0 Å². The Morgan fingerprint density at radius 2 is 1.65 bits per heavy atom. The molecule has 1 atom stereocenters. The van der Waals surface area contributed by atoms with E-state index in [0.717, 1.165) is 32.1 Å². The molecule has 1 saturated heterocycles. The minimum absolute atomic E-state index is 0.307. The third-order valence-electron chi connectivity index (χ3n) is 2.63. The summed E-state index contributed by atoms with van der Waals surface area (Å²) in [6.45, 7) is 4.42. The molecule has 1 unspecified atom stereocenters. The number of esters is 2. The zero-order valence-electron chi connectivity index (χ0n) is 12.4. The molecule has 6 heteroatoms. The molecule has 1 amide bonds. The first-order chi connectivity index (χ1) is 9.51. The minimum Gasteiger partial charge on any atom is -0.393 e. The summed E-state index contributed by atoms with van der Waals surface area (Å²) in [7, 11) is 0. The number of ether oxygens (including phenoxy) is 2.